The van der Waals surface area contributed by atoms with Crippen molar-refractivity contribution in [3.05, 3.63) is 29.8 Å². The summed E-state index contributed by atoms with van der Waals surface area (Å²) in [5.74, 6) is 0. The molecule has 0 atom stereocenters. The Kier molecular flexibility index (Phi) is 4.56. The average molecular weight is 222 g/mol. The van der Waals surface area contributed by atoms with Crippen molar-refractivity contribution in [1.29, 1.82) is 0 Å². The van der Waals surface area contributed by atoms with Gasteiger partial charge >= 0.3 is 0 Å². The van der Waals surface area contributed by atoms with Crippen molar-refractivity contribution < 1.29 is 0 Å². The topological polar surface area (TPSA) is 15.3 Å². The number of nitrogens with one attached hydrogen (secondary N) is 1. The van der Waals surface area contributed by atoms with Crippen LogP contribution in [-0.2, 0) is 0 Å². The highest BCUT2D eigenvalue weighted by atomic mass is 32.1. The van der Waals surface area contributed by atoms with Crippen LogP contribution >= 0.6 is 12.2 Å². The van der Waals surface area contributed by atoms with Gasteiger partial charge in [-0.25, -0.2) is 0 Å². The molecule has 2 nitrogen and oxygen atoms in total. The molecule has 1 aromatic carbocycles. The number of hydrogen-bond acceptors (Lipinski definition) is 1. The van der Waals surface area contributed by atoms with Crippen molar-refractivity contribution in [3.63, 3.8) is 0 Å². The molecule has 3 heteroatoms. The van der Waals surface area contributed by atoms with E-state index in [-0.39, 0.29) is 0 Å². The molecule has 0 aliphatic heterocycles. The summed E-state index contributed by atoms with van der Waals surface area (Å²) in [6.07, 6.45) is 0. The van der Waals surface area contributed by atoms with E-state index in [2.05, 4.69) is 43.1 Å². The van der Waals surface area contributed by atoms with Crippen molar-refractivity contribution in [2.75, 3.05) is 18.4 Å². The Morgan fingerprint density at radius 3 is 2.53 bits per heavy atom. The predicted molar refractivity (Wildman–Crippen MR) is 70.3 cm³/mol. The number of nitrogens with zero attached hydrogens (tertiary/aromatic N) is 1. The molecule has 82 valence electrons. The molecule has 0 radical (unpaired) electrons. The smallest absolute Gasteiger partial charge is 0.173 e. The van der Waals surface area contributed by atoms with Crippen LogP contribution in [0.4, 0.5) is 5.69 Å². The molecule has 0 unspecified atom stereocenters. The zero-order valence-electron chi connectivity index (χ0n) is 9.58. The summed E-state index contributed by atoms with van der Waals surface area (Å²) in [7, 11) is 0. The van der Waals surface area contributed by atoms with E-state index in [1.54, 1.807) is 0 Å². The van der Waals surface area contributed by atoms with E-state index in [1.165, 1.54) is 5.56 Å². The summed E-state index contributed by atoms with van der Waals surface area (Å²) in [5.41, 5.74) is 2.30. The van der Waals surface area contributed by atoms with Crippen LogP contribution in [-0.4, -0.2) is 23.1 Å². The maximum absolute atomic E-state index is 5.31. The molecule has 0 aliphatic carbocycles. The lowest BCUT2D eigenvalue weighted by molar-refractivity contribution is 0.473. The summed E-state index contributed by atoms with van der Waals surface area (Å²) < 4.78 is 0. The summed E-state index contributed by atoms with van der Waals surface area (Å²) >= 11 is 5.31. The number of anilines is 1. The Morgan fingerprint density at radius 2 is 2.00 bits per heavy atom. The maximum atomic E-state index is 5.31. The van der Waals surface area contributed by atoms with E-state index in [0.717, 1.165) is 23.9 Å². The van der Waals surface area contributed by atoms with Crippen molar-refractivity contribution in [3.8, 4) is 0 Å². The van der Waals surface area contributed by atoms with Crippen molar-refractivity contribution in [1.82, 2.24) is 4.90 Å². The second-order valence-corrected chi connectivity index (χ2v) is 3.86. The lowest BCUT2D eigenvalue weighted by Crippen LogP contribution is -2.34. The van der Waals surface area contributed by atoms with Crippen LogP contribution in [0.2, 0.25) is 0 Å². The second-order valence-electron chi connectivity index (χ2n) is 3.47. The van der Waals surface area contributed by atoms with Crippen LogP contribution in [0, 0.1) is 6.92 Å². The predicted octanol–water partition coefficient (Wildman–Crippen LogP) is 3.03. The first kappa shape index (κ1) is 12.0. The first-order valence-electron chi connectivity index (χ1n) is 5.30. The van der Waals surface area contributed by atoms with Gasteiger partial charge in [-0.3, -0.25) is 0 Å². The van der Waals surface area contributed by atoms with E-state index in [1.807, 2.05) is 12.1 Å². The maximum Gasteiger partial charge on any atom is 0.173 e. The zero-order chi connectivity index (χ0) is 11.3. The number of thiocarbonyl (C=S) groups is 1. The minimum Gasteiger partial charge on any atom is -0.350 e. The highest BCUT2D eigenvalue weighted by Crippen LogP contribution is 2.10. The van der Waals surface area contributed by atoms with Gasteiger partial charge in [0.2, 0.25) is 0 Å². The van der Waals surface area contributed by atoms with Gasteiger partial charge < -0.3 is 10.2 Å². The van der Waals surface area contributed by atoms with E-state index in [0.29, 0.717) is 0 Å². The SMILES string of the molecule is CCN(CC)C(=S)Nc1cccc(C)c1. The van der Waals surface area contributed by atoms with Crippen LogP contribution in [0.1, 0.15) is 19.4 Å². The summed E-state index contributed by atoms with van der Waals surface area (Å²) in [5, 5.41) is 4.04. The van der Waals surface area contributed by atoms with Crippen LogP contribution in [0.25, 0.3) is 0 Å². The van der Waals surface area contributed by atoms with Gasteiger partial charge in [0.15, 0.2) is 5.11 Å². The molecule has 0 saturated heterocycles. The Morgan fingerprint density at radius 1 is 1.33 bits per heavy atom. The molecular formula is C12H18N2S. The van der Waals surface area contributed by atoms with Gasteiger partial charge in [-0.15, -0.1) is 0 Å². The fourth-order valence-electron chi connectivity index (χ4n) is 1.44. The van der Waals surface area contributed by atoms with Crippen LogP contribution in [0.5, 0.6) is 0 Å². The molecule has 0 bridgehead atoms. The second kappa shape index (κ2) is 5.71. The fraction of sp³-hybridized carbons (Fsp3) is 0.417. The minimum atomic E-state index is 0.797. The molecule has 0 aromatic heterocycles. The Labute approximate surface area is 97.3 Å². The highest BCUT2D eigenvalue weighted by molar-refractivity contribution is 7.80. The molecule has 0 amide bonds. The Hall–Kier alpha value is -1.09. The third-order valence-electron chi connectivity index (χ3n) is 2.32. The van der Waals surface area contributed by atoms with Crippen LogP contribution in [0.3, 0.4) is 0 Å². The van der Waals surface area contributed by atoms with E-state index < -0.39 is 0 Å². The van der Waals surface area contributed by atoms with E-state index in [4.69, 9.17) is 12.2 Å². The van der Waals surface area contributed by atoms with Gasteiger partial charge in [0.25, 0.3) is 0 Å². The molecule has 0 spiro atoms. The van der Waals surface area contributed by atoms with Gasteiger partial charge in [-0.2, -0.15) is 0 Å². The van der Waals surface area contributed by atoms with Gasteiger partial charge in [-0.05, 0) is 50.7 Å². The van der Waals surface area contributed by atoms with Crippen molar-refractivity contribution in [2.24, 2.45) is 0 Å². The van der Waals surface area contributed by atoms with Gasteiger partial charge in [0.1, 0.15) is 0 Å². The van der Waals surface area contributed by atoms with Gasteiger partial charge in [-0.1, -0.05) is 12.1 Å². The monoisotopic (exact) mass is 222 g/mol. The molecular weight excluding hydrogens is 204 g/mol. The molecule has 0 aliphatic rings. The largest absolute Gasteiger partial charge is 0.350 e. The lowest BCUT2D eigenvalue weighted by Gasteiger charge is -2.22. The molecule has 0 fully saturated rings. The Balaban J connectivity index is 2.65. The molecule has 1 aromatic rings. The number of rotatable bonds is 3. The number of benzene rings is 1. The quantitative estimate of drug-likeness (QED) is 0.791. The molecule has 1 N–H and O–H groups in total. The van der Waals surface area contributed by atoms with Gasteiger partial charge in [0.05, 0.1) is 0 Å². The highest BCUT2D eigenvalue weighted by Gasteiger charge is 2.04. The van der Waals surface area contributed by atoms with Crippen LogP contribution in [0.15, 0.2) is 24.3 Å². The minimum absolute atomic E-state index is 0.797. The lowest BCUT2D eigenvalue weighted by atomic mass is 10.2. The fourth-order valence-corrected chi connectivity index (χ4v) is 1.81. The van der Waals surface area contributed by atoms with Crippen molar-refractivity contribution >= 4 is 23.0 Å². The molecule has 1 rings (SSSR count). The summed E-state index contributed by atoms with van der Waals surface area (Å²) in [4.78, 5) is 2.12. The molecule has 0 saturated carbocycles. The number of aryl methyl sites for hydroxylation is 1. The van der Waals surface area contributed by atoms with Gasteiger partial charge in [0, 0.05) is 18.8 Å². The standard InChI is InChI=1S/C12H18N2S/c1-4-14(5-2)12(15)13-11-8-6-7-10(3)9-11/h6-9H,4-5H2,1-3H3,(H,13,15). The first-order chi connectivity index (χ1) is 7.17. The first-order valence-corrected chi connectivity index (χ1v) is 5.70. The van der Waals surface area contributed by atoms with Crippen molar-refractivity contribution in [2.45, 2.75) is 20.8 Å². The normalized spacial score (nSPS) is 9.80. The van der Waals surface area contributed by atoms with E-state index in [9.17, 15) is 0 Å². The van der Waals surface area contributed by atoms with Crippen LogP contribution < -0.4 is 5.32 Å². The third-order valence-corrected chi connectivity index (χ3v) is 2.68. The molecule has 15 heavy (non-hydrogen) atoms. The number of hydrogen-bond donors (Lipinski definition) is 1. The summed E-state index contributed by atoms with van der Waals surface area (Å²) in [6, 6.07) is 8.23. The third kappa shape index (κ3) is 3.51. The zero-order valence-corrected chi connectivity index (χ0v) is 10.4. The Bertz CT molecular complexity index is 332. The van der Waals surface area contributed by atoms with E-state index >= 15 is 0 Å². The average Bonchev–Trinajstić information content (AvgIpc) is 2.19. The summed E-state index contributed by atoms with van der Waals surface area (Å²) in [6.45, 7) is 8.16. The molecule has 0 heterocycles.